The number of carbonyl (C=O) groups is 1. The van der Waals surface area contributed by atoms with E-state index in [9.17, 15) is 4.79 Å². The molecule has 0 fully saturated rings. The summed E-state index contributed by atoms with van der Waals surface area (Å²) in [6, 6.07) is 20.8. The monoisotopic (exact) mass is 318 g/mol. The largest absolute Gasteiger partial charge is 0.461 e. The Morgan fingerprint density at radius 3 is 2.17 bits per heavy atom. The molecule has 2 nitrogen and oxygen atoms in total. The summed E-state index contributed by atoms with van der Waals surface area (Å²) in [6.07, 6.45) is 4.06. The summed E-state index contributed by atoms with van der Waals surface area (Å²) in [7, 11) is 0. The third kappa shape index (κ3) is 3.65. The maximum Gasteiger partial charge on any atom is 0.309 e. The van der Waals surface area contributed by atoms with Crippen LogP contribution in [-0.2, 0) is 9.53 Å². The second-order valence-electron chi connectivity index (χ2n) is 6.05. The molecule has 0 radical (unpaired) electrons. The van der Waals surface area contributed by atoms with Crippen LogP contribution in [0.3, 0.4) is 0 Å². The number of hydrogen-bond donors (Lipinski definition) is 0. The molecule has 122 valence electrons. The first-order chi connectivity index (χ1) is 11.8. The van der Waals surface area contributed by atoms with E-state index in [2.05, 4.69) is 43.0 Å². The van der Waals surface area contributed by atoms with Gasteiger partial charge in [-0.2, -0.15) is 0 Å². The van der Waals surface area contributed by atoms with Gasteiger partial charge in [0.1, 0.15) is 6.61 Å². The van der Waals surface area contributed by atoms with E-state index in [0.29, 0.717) is 0 Å². The van der Waals surface area contributed by atoms with Gasteiger partial charge in [0.2, 0.25) is 0 Å². The van der Waals surface area contributed by atoms with Crippen molar-refractivity contribution in [3.63, 3.8) is 0 Å². The highest BCUT2D eigenvalue weighted by Gasteiger charge is 2.28. The first-order valence-corrected chi connectivity index (χ1v) is 8.40. The second kappa shape index (κ2) is 7.78. The lowest BCUT2D eigenvalue weighted by atomic mass is 9.78. The van der Waals surface area contributed by atoms with E-state index in [-0.39, 0.29) is 18.5 Å². The zero-order chi connectivity index (χ0) is 16.8. The smallest absolute Gasteiger partial charge is 0.309 e. The molecule has 1 unspecified atom stereocenters. The first-order valence-electron chi connectivity index (χ1n) is 8.40. The summed E-state index contributed by atoms with van der Waals surface area (Å²) < 4.78 is 5.28. The van der Waals surface area contributed by atoms with Crippen LogP contribution in [0.1, 0.15) is 30.4 Å². The molecule has 0 heterocycles. The minimum Gasteiger partial charge on any atom is -0.461 e. The van der Waals surface area contributed by atoms with Crippen molar-refractivity contribution in [1.29, 1.82) is 0 Å². The molecule has 0 aliphatic heterocycles. The fraction of sp³-hybridized carbons (Fsp3) is 0.227. The van der Waals surface area contributed by atoms with E-state index in [1.807, 2.05) is 24.3 Å². The highest BCUT2D eigenvalue weighted by molar-refractivity contribution is 5.93. The first kappa shape index (κ1) is 16.3. The number of esters is 1. The third-order valence-corrected chi connectivity index (χ3v) is 4.48. The van der Waals surface area contributed by atoms with Crippen LogP contribution in [0.5, 0.6) is 0 Å². The van der Waals surface area contributed by atoms with Gasteiger partial charge < -0.3 is 4.74 Å². The predicted octanol–water partition coefficient (Wildman–Crippen LogP) is 5.13. The summed E-state index contributed by atoms with van der Waals surface area (Å²) in [5.74, 6) is -0.192. The van der Waals surface area contributed by atoms with Gasteiger partial charge >= 0.3 is 5.97 Å². The van der Waals surface area contributed by atoms with Crippen molar-refractivity contribution >= 4 is 17.1 Å². The van der Waals surface area contributed by atoms with Gasteiger partial charge in [0.25, 0.3) is 0 Å². The molecule has 0 saturated heterocycles. The van der Waals surface area contributed by atoms with Gasteiger partial charge in [-0.1, -0.05) is 73.3 Å². The van der Waals surface area contributed by atoms with Crippen molar-refractivity contribution in [3.05, 3.63) is 84.4 Å². The van der Waals surface area contributed by atoms with Crippen LogP contribution in [0.4, 0.5) is 0 Å². The average Bonchev–Trinajstić information content (AvgIpc) is 2.67. The Bertz CT molecular complexity index is 729. The van der Waals surface area contributed by atoms with E-state index in [1.54, 1.807) is 6.08 Å². The molecule has 1 aliphatic carbocycles. The molecule has 24 heavy (non-hydrogen) atoms. The number of hydrogen-bond acceptors (Lipinski definition) is 2. The van der Waals surface area contributed by atoms with Gasteiger partial charge in [0.05, 0.1) is 5.92 Å². The third-order valence-electron chi connectivity index (χ3n) is 4.48. The molecule has 0 bridgehead atoms. The topological polar surface area (TPSA) is 26.3 Å². The van der Waals surface area contributed by atoms with Crippen molar-refractivity contribution in [2.24, 2.45) is 5.92 Å². The van der Waals surface area contributed by atoms with Crippen molar-refractivity contribution in [2.45, 2.75) is 19.3 Å². The summed E-state index contributed by atoms with van der Waals surface area (Å²) in [5.41, 5.74) is 5.04. The summed E-state index contributed by atoms with van der Waals surface area (Å²) in [4.78, 5) is 12.3. The maximum absolute atomic E-state index is 12.3. The lowest BCUT2D eigenvalue weighted by Crippen LogP contribution is -2.21. The van der Waals surface area contributed by atoms with Crippen LogP contribution in [0, 0.1) is 5.92 Å². The van der Waals surface area contributed by atoms with Gasteiger partial charge in [-0.3, -0.25) is 4.79 Å². The van der Waals surface area contributed by atoms with Gasteiger partial charge in [-0.25, -0.2) is 0 Å². The second-order valence-corrected chi connectivity index (χ2v) is 6.05. The Morgan fingerprint density at radius 1 is 1.00 bits per heavy atom. The van der Waals surface area contributed by atoms with Crippen LogP contribution in [0.2, 0.25) is 0 Å². The van der Waals surface area contributed by atoms with E-state index in [1.165, 1.54) is 22.3 Å². The van der Waals surface area contributed by atoms with E-state index < -0.39 is 0 Å². The van der Waals surface area contributed by atoms with Crippen molar-refractivity contribution in [2.75, 3.05) is 6.61 Å². The molecule has 0 amide bonds. The van der Waals surface area contributed by atoms with Crippen LogP contribution < -0.4 is 0 Å². The fourth-order valence-electron chi connectivity index (χ4n) is 3.29. The normalized spacial score (nSPS) is 17.4. The van der Waals surface area contributed by atoms with Crippen molar-refractivity contribution in [1.82, 2.24) is 0 Å². The SMILES string of the molecule is C=CCOC(=O)C1CCC(c2ccccc2)=C(c2ccccc2)C1. The van der Waals surface area contributed by atoms with Crippen molar-refractivity contribution < 1.29 is 9.53 Å². The molecule has 2 heteroatoms. The molecular weight excluding hydrogens is 296 g/mol. The zero-order valence-electron chi connectivity index (χ0n) is 13.8. The van der Waals surface area contributed by atoms with Gasteiger partial charge in [-0.05, 0) is 41.5 Å². The maximum atomic E-state index is 12.3. The minimum absolute atomic E-state index is 0.0763. The van der Waals surface area contributed by atoms with Gasteiger partial charge in [0, 0.05) is 0 Å². The Hall–Kier alpha value is -2.61. The molecule has 1 aliphatic rings. The molecule has 2 aromatic rings. The fourth-order valence-corrected chi connectivity index (χ4v) is 3.29. The Balaban J connectivity index is 1.95. The molecule has 0 aromatic heterocycles. The Kier molecular flexibility index (Phi) is 5.27. The van der Waals surface area contributed by atoms with Gasteiger partial charge in [-0.15, -0.1) is 0 Å². The van der Waals surface area contributed by atoms with Crippen LogP contribution >= 0.6 is 0 Å². The molecule has 0 N–H and O–H groups in total. The molecule has 1 atom stereocenters. The van der Waals surface area contributed by atoms with Crippen LogP contribution in [0.15, 0.2) is 73.3 Å². The van der Waals surface area contributed by atoms with Gasteiger partial charge in [0.15, 0.2) is 0 Å². The molecule has 2 aromatic carbocycles. The molecule has 0 spiro atoms. The summed E-state index contributed by atoms with van der Waals surface area (Å²) >= 11 is 0. The van der Waals surface area contributed by atoms with Crippen LogP contribution in [-0.4, -0.2) is 12.6 Å². The number of rotatable bonds is 5. The number of carbonyl (C=O) groups excluding carboxylic acids is 1. The quantitative estimate of drug-likeness (QED) is 0.564. The van der Waals surface area contributed by atoms with E-state index in [4.69, 9.17) is 4.74 Å². The lowest BCUT2D eigenvalue weighted by Gasteiger charge is -2.27. The number of allylic oxidation sites excluding steroid dienone is 2. The molecule has 0 saturated carbocycles. The lowest BCUT2D eigenvalue weighted by molar-refractivity contribution is -0.147. The number of benzene rings is 2. The van der Waals surface area contributed by atoms with Crippen molar-refractivity contribution in [3.8, 4) is 0 Å². The van der Waals surface area contributed by atoms with E-state index >= 15 is 0 Å². The molecule has 3 rings (SSSR count). The standard InChI is InChI=1S/C22H22O2/c1-2-15-24-22(23)19-13-14-20(17-9-5-3-6-10-17)21(16-19)18-11-7-4-8-12-18/h2-12,19H,1,13-16H2. The average molecular weight is 318 g/mol. The van der Waals surface area contributed by atoms with E-state index in [0.717, 1.165) is 19.3 Å². The Morgan fingerprint density at radius 2 is 1.58 bits per heavy atom. The summed E-state index contributed by atoms with van der Waals surface area (Å²) in [5, 5.41) is 0. The highest BCUT2D eigenvalue weighted by Crippen LogP contribution is 2.40. The minimum atomic E-state index is -0.115. The number of ether oxygens (including phenoxy) is 1. The van der Waals surface area contributed by atoms with Crippen LogP contribution in [0.25, 0.3) is 11.1 Å². The highest BCUT2D eigenvalue weighted by atomic mass is 16.5. The molecular formula is C22H22O2. The predicted molar refractivity (Wildman–Crippen MR) is 98.2 cm³/mol. The summed E-state index contributed by atoms with van der Waals surface area (Å²) in [6.45, 7) is 3.89. The Labute approximate surface area is 143 Å². The zero-order valence-corrected chi connectivity index (χ0v) is 13.8.